The van der Waals surface area contributed by atoms with Crippen molar-refractivity contribution in [2.24, 2.45) is 5.10 Å². The van der Waals surface area contributed by atoms with Crippen LogP contribution in [0.1, 0.15) is 11.3 Å². The van der Waals surface area contributed by atoms with Gasteiger partial charge in [-0.1, -0.05) is 0 Å². The summed E-state index contributed by atoms with van der Waals surface area (Å²) in [6, 6.07) is 7.41. The second kappa shape index (κ2) is 8.59. The minimum absolute atomic E-state index is 0.191. The summed E-state index contributed by atoms with van der Waals surface area (Å²) in [4.78, 5) is 18.7. The molecule has 1 aliphatic heterocycles. The molecule has 1 amide bonds. The largest absolute Gasteiger partial charge is 0.497 e. The minimum Gasteiger partial charge on any atom is -0.497 e. The van der Waals surface area contributed by atoms with E-state index in [0.717, 1.165) is 48.4 Å². The zero-order valence-electron chi connectivity index (χ0n) is 14.0. The number of rotatable bonds is 6. The van der Waals surface area contributed by atoms with E-state index >= 15 is 0 Å². The number of methoxy groups -OCH3 is 1. The van der Waals surface area contributed by atoms with Crippen molar-refractivity contribution in [2.45, 2.75) is 6.42 Å². The van der Waals surface area contributed by atoms with Crippen LogP contribution < -0.4 is 15.1 Å². The number of carbonyl (C=O) groups is 1. The quantitative estimate of drug-likeness (QED) is 0.627. The molecule has 0 atom stereocenters. The molecule has 3 rings (SSSR count). The Morgan fingerprint density at radius 2 is 2.16 bits per heavy atom. The van der Waals surface area contributed by atoms with Crippen molar-refractivity contribution in [3.63, 3.8) is 0 Å². The third-order valence-electron chi connectivity index (χ3n) is 3.68. The number of morpholine rings is 1. The van der Waals surface area contributed by atoms with Crippen LogP contribution >= 0.6 is 11.3 Å². The van der Waals surface area contributed by atoms with Crippen LogP contribution in [0.15, 0.2) is 34.7 Å². The second-order valence-electron chi connectivity index (χ2n) is 5.46. The van der Waals surface area contributed by atoms with Crippen molar-refractivity contribution in [1.82, 2.24) is 10.4 Å². The maximum atomic E-state index is 12.0. The third-order valence-corrected chi connectivity index (χ3v) is 4.63. The molecule has 0 spiro atoms. The minimum atomic E-state index is -0.191. The van der Waals surface area contributed by atoms with Crippen molar-refractivity contribution in [1.29, 1.82) is 0 Å². The monoisotopic (exact) mass is 360 g/mol. The summed E-state index contributed by atoms with van der Waals surface area (Å²) in [6.45, 7) is 3.11. The Morgan fingerprint density at radius 1 is 1.40 bits per heavy atom. The first kappa shape index (κ1) is 17.4. The van der Waals surface area contributed by atoms with Crippen LogP contribution in [0.4, 0.5) is 5.13 Å². The zero-order valence-corrected chi connectivity index (χ0v) is 14.8. The normalized spacial score (nSPS) is 14.7. The molecule has 1 fully saturated rings. The highest BCUT2D eigenvalue weighted by molar-refractivity contribution is 7.13. The van der Waals surface area contributed by atoms with Gasteiger partial charge >= 0.3 is 0 Å². The van der Waals surface area contributed by atoms with Gasteiger partial charge in [-0.2, -0.15) is 5.10 Å². The predicted octanol–water partition coefficient (Wildman–Crippen LogP) is 1.68. The number of nitrogens with zero attached hydrogens (tertiary/aromatic N) is 3. The number of amides is 1. The molecule has 132 valence electrons. The molecule has 8 heteroatoms. The number of aromatic nitrogens is 1. The van der Waals surface area contributed by atoms with Crippen LogP contribution in [0.25, 0.3) is 0 Å². The van der Waals surface area contributed by atoms with E-state index in [1.54, 1.807) is 24.7 Å². The smallest absolute Gasteiger partial charge is 0.246 e. The van der Waals surface area contributed by atoms with Crippen molar-refractivity contribution < 1.29 is 14.3 Å². The summed E-state index contributed by atoms with van der Waals surface area (Å²) >= 11 is 1.55. The molecule has 1 N–H and O–H groups in total. The Kier molecular flexibility index (Phi) is 5.97. The van der Waals surface area contributed by atoms with Crippen molar-refractivity contribution in [3.05, 3.63) is 40.9 Å². The van der Waals surface area contributed by atoms with Gasteiger partial charge in [0.1, 0.15) is 5.75 Å². The molecular weight excluding hydrogens is 340 g/mol. The van der Waals surface area contributed by atoms with E-state index in [0.29, 0.717) is 0 Å². The molecule has 7 nitrogen and oxygen atoms in total. The van der Waals surface area contributed by atoms with Crippen LogP contribution in [0.3, 0.4) is 0 Å². The summed E-state index contributed by atoms with van der Waals surface area (Å²) in [5.41, 5.74) is 4.16. The average molecular weight is 360 g/mol. The Balaban J connectivity index is 1.48. The molecule has 0 aliphatic carbocycles. The number of carbonyl (C=O) groups excluding carboxylic acids is 1. The molecule has 25 heavy (non-hydrogen) atoms. The Hall–Kier alpha value is -2.45. The molecule has 2 heterocycles. The van der Waals surface area contributed by atoms with Crippen LogP contribution in [0.2, 0.25) is 0 Å². The van der Waals surface area contributed by atoms with Crippen LogP contribution in [0, 0.1) is 0 Å². The maximum absolute atomic E-state index is 12.0. The first-order valence-electron chi connectivity index (χ1n) is 7.97. The Labute approximate surface area is 150 Å². The van der Waals surface area contributed by atoms with Crippen molar-refractivity contribution in [2.75, 3.05) is 38.3 Å². The number of hydrazone groups is 1. The summed E-state index contributed by atoms with van der Waals surface area (Å²) in [6.07, 6.45) is 1.80. The van der Waals surface area contributed by atoms with Gasteiger partial charge in [0.05, 0.1) is 38.7 Å². The van der Waals surface area contributed by atoms with E-state index in [2.05, 4.69) is 20.4 Å². The summed E-state index contributed by atoms with van der Waals surface area (Å²) in [7, 11) is 1.62. The van der Waals surface area contributed by atoms with Crippen LogP contribution in [-0.4, -0.2) is 50.5 Å². The van der Waals surface area contributed by atoms with Gasteiger partial charge < -0.3 is 14.4 Å². The zero-order chi connectivity index (χ0) is 17.5. The standard InChI is InChI=1S/C17H20N4O3S/c1-23-15-4-2-13(3-5-15)11-18-20-16(22)10-14-12-25-17(19-14)21-6-8-24-9-7-21/h2-5,11-12H,6-10H2,1H3,(H,20,22)/b18-11-. The number of thiazole rings is 1. The van der Waals surface area contributed by atoms with E-state index < -0.39 is 0 Å². The fraction of sp³-hybridized carbons (Fsp3) is 0.353. The molecule has 0 unspecified atom stereocenters. The van der Waals surface area contributed by atoms with Gasteiger partial charge in [0.2, 0.25) is 5.91 Å². The van der Waals surface area contributed by atoms with Gasteiger partial charge in [-0.15, -0.1) is 11.3 Å². The summed E-state index contributed by atoms with van der Waals surface area (Å²) in [5.74, 6) is 0.587. The molecule has 0 bridgehead atoms. The van der Waals surface area contributed by atoms with E-state index in [9.17, 15) is 4.79 Å². The van der Waals surface area contributed by atoms with Crippen LogP contribution in [-0.2, 0) is 16.0 Å². The first-order valence-corrected chi connectivity index (χ1v) is 8.85. The van der Waals surface area contributed by atoms with E-state index in [-0.39, 0.29) is 12.3 Å². The Bertz CT molecular complexity index is 724. The molecular formula is C17H20N4O3S. The molecule has 1 aromatic heterocycles. The predicted molar refractivity (Wildman–Crippen MR) is 97.6 cm³/mol. The number of benzene rings is 1. The second-order valence-corrected chi connectivity index (χ2v) is 6.30. The highest BCUT2D eigenvalue weighted by Crippen LogP contribution is 2.21. The molecule has 1 saturated heterocycles. The molecule has 0 saturated carbocycles. The first-order chi connectivity index (χ1) is 12.2. The molecule has 1 aliphatic rings. The fourth-order valence-electron chi connectivity index (χ4n) is 2.35. The van der Waals surface area contributed by atoms with Gasteiger partial charge in [0.25, 0.3) is 0 Å². The average Bonchev–Trinajstić information content (AvgIpc) is 3.11. The van der Waals surface area contributed by atoms with Crippen molar-refractivity contribution >= 4 is 28.6 Å². The maximum Gasteiger partial charge on any atom is 0.246 e. The molecule has 2 aromatic rings. The molecule has 1 aromatic carbocycles. The lowest BCUT2D eigenvalue weighted by Gasteiger charge is -2.26. The highest BCUT2D eigenvalue weighted by atomic mass is 32.1. The fourth-order valence-corrected chi connectivity index (χ4v) is 3.23. The topological polar surface area (TPSA) is 76.0 Å². The lowest BCUT2D eigenvalue weighted by molar-refractivity contribution is -0.120. The lowest BCUT2D eigenvalue weighted by atomic mass is 10.2. The van der Waals surface area contributed by atoms with Crippen molar-refractivity contribution in [3.8, 4) is 5.75 Å². The number of ether oxygens (including phenoxy) is 2. The van der Waals surface area contributed by atoms with E-state index in [1.165, 1.54) is 0 Å². The van der Waals surface area contributed by atoms with Gasteiger partial charge in [0, 0.05) is 18.5 Å². The lowest BCUT2D eigenvalue weighted by Crippen LogP contribution is -2.36. The van der Waals surface area contributed by atoms with Crippen LogP contribution in [0.5, 0.6) is 5.75 Å². The summed E-state index contributed by atoms with van der Waals surface area (Å²) < 4.78 is 10.4. The third kappa shape index (κ3) is 5.01. The van der Waals surface area contributed by atoms with E-state index in [4.69, 9.17) is 9.47 Å². The van der Waals surface area contributed by atoms with E-state index in [1.807, 2.05) is 29.6 Å². The number of anilines is 1. The van der Waals surface area contributed by atoms with Gasteiger partial charge in [-0.3, -0.25) is 4.79 Å². The number of nitrogens with one attached hydrogen (secondary N) is 1. The highest BCUT2D eigenvalue weighted by Gasteiger charge is 2.15. The van der Waals surface area contributed by atoms with Gasteiger partial charge in [-0.25, -0.2) is 10.4 Å². The SMILES string of the molecule is COc1ccc(/C=N\NC(=O)Cc2csc(N3CCOCC3)n2)cc1. The Morgan fingerprint density at radius 3 is 2.88 bits per heavy atom. The number of hydrogen-bond donors (Lipinski definition) is 1. The van der Waals surface area contributed by atoms with Gasteiger partial charge in [-0.05, 0) is 29.8 Å². The molecule has 0 radical (unpaired) electrons. The number of hydrogen-bond acceptors (Lipinski definition) is 7. The van der Waals surface area contributed by atoms with Gasteiger partial charge in [0.15, 0.2) is 5.13 Å². The summed E-state index contributed by atoms with van der Waals surface area (Å²) in [5, 5.41) is 6.83.